The molecule has 25 heavy (non-hydrogen) atoms. The average Bonchev–Trinajstić information content (AvgIpc) is 2.58. The summed E-state index contributed by atoms with van der Waals surface area (Å²) in [6.45, 7) is 14.8. The molecule has 0 aromatic heterocycles. The Kier molecular flexibility index (Phi) is 8.90. The minimum Gasteiger partial charge on any atom is -0.379 e. The second-order valence-corrected chi connectivity index (χ2v) is 8.03. The molecule has 1 heterocycles. The molecule has 0 aromatic carbocycles. The van der Waals surface area contributed by atoms with Crippen LogP contribution in [0, 0.1) is 11.3 Å². The first-order valence-corrected chi connectivity index (χ1v) is 9.15. The second kappa shape index (κ2) is 9.71. The van der Waals surface area contributed by atoms with Gasteiger partial charge in [0.1, 0.15) is 0 Å². The highest BCUT2D eigenvalue weighted by atomic mass is 127. The van der Waals surface area contributed by atoms with Crippen LogP contribution in [0.25, 0.3) is 0 Å². The van der Waals surface area contributed by atoms with Gasteiger partial charge in [-0.3, -0.25) is 9.89 Å². The summed E-state index contributed by atoms with van der Waals surface area (Å²) in [5.74, 6) is 1.46. The van der Waals surface area contributed by atoms with Crippen molar-refractivity contribution in [1.82, 2.24) is 15.5 Å². The van der Waals surface area contributed by atoms with E-state index in [1.165, 1.54) is 0 Å². The molecule has 2 rings (SSSR count). The van der Waals surface area contributed by atoms with Gasteiger partial charge in [0, 0.05) is 51.8 Å². The van der Waals surface area contributed by atoms with E-state index in [4.69, 9.17) is 9.47 Å². The zero-order chi connectivity index (χ0) is 17.8. The Bertz CT molecular complexity index is 441. The van der Waals surface area contributed by atoms with Crippen LogP contribution in [0.3, 0.4) is 0 Å². The Morgan fingerprint density at radius 1 is 1.32 bits per heavy atom. The number of rotatable bonds is 6. The zero-order valence-corrected chi connectivity index (χ0v) is 19.1. The molecule has 2 aliphatic rings. The lowest BCUT2D eigenvalue weighted by atomic mass is 9.56. The molecule has 6 nitrogen and oxygen atoms in total. The maximum atomic E-state index is 5.70. The maximum absolute atomic E-state index is 5.70. The fourth-order valence-corrected chi connectivity index (χ4v) is 3.64. The van der Waals surface area contributed by atoms with Gasteiger partial charge >= 0.3 is 0 Å². The first kappa shape index (κ1) is 22.9. The van der Waals surface area contributed by atoms with Gasteiger partial charge in [-0.25, -0.2) is 0 Å². The third-order valence-corrected chi connectivity index (χ3v) is 6.10. The van der Waals surface area contributed by atoms with Crippen molar-refractivity contribution in [1.29, 1.82) is 0 Å². The van der Waals surface area contributed by atoms with E-state index in [-0.39, 0.29) is 35.0 Å². The van der Waals surface area contributed by atoms with Gasteiger partial charge in [-0.1, -0.05) is 20.8 Å². The average molecular weight is 468 g/mol. The predicted molar refractivity (Wildman–Crippen MR) is 114 cm³/mol. The molecule has 0 bridgehead atoms. The van der Waals surface area contributed by atoms with Crippen molar-refractivity contribution in [2.75, 3.05) is 53.6 Å². The molecule has 0 amide bonds. The molecule has 1 aliphatic carbocycles. The van der Waals surface area contributed by atoms with Gasteiger partial charge in [0.25, 0.3) is 0 Å². The Labute approximate surface area is 170 Å². The Hall–Kier alpha value is -0.120. The number of halogens is 1. The first-order valence-electron chi connectivity index (χ1n) is 9.15. The normalized spacial score (nSPS) is 30.8. The monoisotopic (exact) mass is 468 g/mol. The largest absolute Gasteiger partial charge is 0.379 e. The van der Waals surface area contributed by atoms with E-state index in [1.54, 1.807) is 7.11 Å². The Morgan fingerprint density at radius 2 is 1.96 bits per heavy atom. The van der Waals surface area contributed by atoms with Crippen LogP contribution in [-0.2, 0) is 9.47 Å². The number of guanidine groups is 1. The van der Waals surface area contributed by atoms with E-state index >= 15 is 0 Å². The molecule has 1 saturated carbocycles. The minimum atomic E-state index is -0.0624. The molecule has 1 saturated heterocycles. The number of ether oxygens (including phenoxy) is 2. The SMILES string of the molecule is CN=C(NCC(C)CN1CCOCC1)NC1CC(C)(OC)C1(C)C.I. The van der Waals surface area contributed by atoms with Gasteiger partial charge in [-0.2, -0.15) is 0 Å². The van der Waals surface area contributed by atoms with E-state index in [2.05, 4.69) is 48.2 Å². The summed E-state index contributed by atoms with van der Waals surface area (Å²) < 4.78 is 11.1. The minimum absolute atomic E-state index is 0. The number of hydrogen-bond donors (Lipinski definition) is 2. The molecule has 3 atom stereocenters. The number of nitrogens with zero attached hydrogens (tertiary/aromatic N) is 2. The predicted octanol–water partition coefficient (Wildman–Crippen LogP) is 1.94. The van der Waals surface area contributed by atoms with Gasteiger partial charge in [-0.05, 0) is 19.3 Å². The number of nitrogens with one attached hydrogen (secondary N) is 2. The lowest BCUT2D eigenvalue weighted by Crippen LogP contribution is -2.69. The van der Waals surface area contributed by atoms with Crippen molar-refractivity contribution in [3.8, 4) is 0 Å². The fraction of sp³-hybridized carbons (Fsp3) is 0.944. The molecule has 2 N–H and O–H groups in total. The molecule has 3 unspecified atom stereocenters. The second-order valence-electron chi connectivity index (χ2n) is 8.03. The van der Waals surface area contributed by atoms with Crippen molar-refractivity contribution in [3.63, 3.8) is 0 Å². The summed E-state index contributed by atoms with van der Waals surface area (Å²) in [7, 11) is 3.64. The van der Waals surface area contributed by atoms with Crippen molar-refractivity contribution in [3.05, 3.63) is 0 Å². The van der Waals surface area contributed by atoms with E-state index in [1.807, 2.05) is 7.05 Å². The third kappa shape index (κ3) is 5.43. The topological polar surface area (TPSA) is 58.1 Å². The summed E-state index contributed by atoms with van der Waals surface area (Å²) in [4.78, 5) is 6.87. The summed E-state index contributed by atoms with van der Waals surface area (Å²) in [6, 6.07) is 0.378. The smallest absolute Gasteiger partial charge is 0.191 e. The van der Waals surface area contributed by atoms with Crippen molar-refractivity contribution in [2.45, 2.75) is 45.8 Å². The molecular weight excluding hydrogens is 431 g/mol. The van der Waals surface area contributed by atoms with Crippen molar-refractivity contribution < 1.29 is 9.47 Å². The lowest BCUT2D eigenvalue weighted by Gasteiger charge is -2.59. The van der Waals surface area contributed by atoms with Crippen molar-refractivity contribution >= 4 is 29.9 Å². The van der Waals surface area contributed by atoms with E-state index < -0.39 is 0 Å². The van der Waals surface area contributed by atoms with Gasteiger partial charge in [0.05, 0.1) is 18.8 Å². The molecule has 0 aromatic rings. The number of morpholine rings is 1. The van der Waals surface area contributed by atoms with Gasteiger partial charge in [0.2, 0.25) is 0 Å². The Balaban J connectivity index is 0.00000312. The number of aliphatic imine (C=N–C) groups is 1. The summed E-state index contributed by atoms with van der Waals surface area (Å²) in [5, 5.41) is 7.05. The molecule has 2 fully saturated rings. The lowest BCUT2D eigenvalue weighted by molar-refractivity contribution is -0.176. The highest BCUT2D eigenvalue weighted by Gasteiger charge is 2.58. The van der Waals surface area contributed by atoms with Gasteiger partial charge in [0.15, 0.2) is 5.96 Å². The standard InChI is InChI=1S/C18H36N4O2.HI/c1-14(13-22-7-9-24-10-8-22)12-20-16(19-5)21-15-11-18(4,23-6)17(15,2)3;/h14-15H,7-13H2,1-6H3,(H2,19,20,21);1H. The number of hydrogen-bond acceptors (Lipinski definition) is 4. The van der Waals surface area contributed by atoms with Crippen LogP contribution in [-0.4, -0.2) is 76.1 Å². The molecular formula is C18H37IN4O2. The van der Waals surface area contributed by atoms with Crippen LogP contribution in [0.2, 0.25) is 0 Å². The van der Waals surface area contributed by atoms with E-state index in [0.717, 1.165) is 51.8 Å². The van der Waals surface area contributed by atoms with Crippen LogP contribution in [0.5, 0.6) is 0 Å². The first-order chi connectivity index (χ1) is 11.3. The number of methoxy groups -OCH3 is 1. The van der Waals surface area contributed by atoms with E-state index in [0.29, 0.717) is 12.0 Å². The summed E-state index contributed by atoms with van der Waals surface area (Å²) in [6.07, 6.45) is 1.00. The highest BCUT2D eigenvalue weighted by molar-refractivity contribution is 14.0. The molecule has 148 valence electrons. The van der Waals surface area contributed by atoms with Crippen LogP contribution in [0.1, 0.15) is 34.1 Å². The van der Waals surface area contributed by atoms with Crippen LogP contribution in [0.15, 0.2) is 4.99 Å². The molecule has 0 radical (unpaired) electrons. The van der Waals surface area contributed by atoms with E-state index in [9.17, 15) is 0 Å². The van der Waals surface area contributed by atoms with Crippen LogP contribution < -0.4 is 10.6 Å². The fourth-order valence-electron chi connectivity index (χ4n) is 3.64. The summed E-state index contributed by atoms with van der Waals surface area (Å²) >= 11 is 0. The van der Waals surface area contributed by atoms with Gasteiger partial charge < -0.3 is 20.1 Å². The molecule has 7 heteroatoms. The zero-order valence-electron chi connectivity index (χ0n) is 16.7. The summed E-state index contributed by atoms with van der Waals surface area (Å²) in [5.41, 5.74) is 0.0198. The molecule has 1 aliphatic heterocycles. The van der Waals surface area contributed by atoms with Crippen molar-refractivity contribution in [2.24, 2.45) is 16.3 Å². The van der Waals surface area contributed by atoms with Gasteiger partial charge in [-0.15, -0.1) is 24.0 Å². The third-order valence-electron chi connectivity index (χ3n) is 6.10. The van der Waals surface area contributed by atoms with Crippen LogP contribution in [0.4, 0.5) is 0 Å². The highest BCUT2D eigenvalue weighted by Crippen LogP contribution is 2.51. The Morgan fingerprint density at radius 3 is 2.48 bits per heavy atom. The maximum Gasteiger partial charge on any atom is 0.191 e. The molecule has 0 spiro atoms. The van der Waals surface area contributed by atoms with Crippen LogP contribution >= 0.6 is 24.0 Å². The quantitative estimate of drug-likeness (QED) is 0.355.